The van der Waals surface area contributed by atoms with E-state index in [-0.39, 0.29) is 23.1 Å². The van der Waals surface area contributed by atoms with Gasteiger partial charge in [-0.1, -0.05) is 17.7 Å². The van der Waals surface area contributed by atoms with Crippen LogP contribution in [0.3, 0.4) is 0 Å². The van der Waals surface area contributed by atoms with E-state index in [0.717, 1.165) is 57.3 Å². The normalized spacial score (nSPS) is 31.1. The largest absolute Gasteiger partial charge is 0.493 e. The molecule has 1 saturated carbocycles. The fourth-order valence-corrected chi connectivity index (χ4v) is 5.63. The van der Waals surface area contributed by atoms with Crippen molar-refractivity contribution in [2.75, 3.05) is 25.5 Å². The standard InChI is InChI=1S/C26H32ClFN4O3/c1-34-23-13-22-19(26(30-15-29-22)31-21-6-2-5-20(27)25(21)28)12-24(23)35-18-9-7-16(8-10-18)32-11-3-4-17(33)14-32/h2,5-6,12-13,15-19,26,31,33H,3-4,7-11,14H2,1H3/t16-,17-,18+,19?,26?/m1/s1. The van der Waals surface area contributed by atoms with E-state index in [4.69, 9.17) is 21.1 Å². The minimum atomic E-state index is -0.504. The van der Waals surface area contributed by atoms with Crippen molar-refractivity contribution in [1.82, 2.24) is 4.90 Å². The second-order valence-electron chi connectivity index (χ2n) is 9.62. The van der Waals surface area contributed by atoms with Crippen LogP contribution in [0.1, 0.15) is 38.5 Å². The van der Waals surface area contributed by atoms with Crippen LogP contribution in [0.4, 0.5) is 10.1 Å². The number of rotatable bonds is 6. The zero-order valence-electron chi connectivity index (χ0n) is 19.9. The maximum atomic E-state index is 14.5. The molecule has 2 N–H and O–H groups in total. The maximum absolute atomic E-state index is 14.5. The van der Waals surface area contributed by atoms with Crippen LogP contribution in [0.15, 0.2) is 51.9 Å². The highest BCUT2D eigenvalue weighted by Crippen LogP contribution is 2.34. The number of aliphatic hydroxyl groups excluding tert-OH is 1. The van der Waals surface area contributed by atoms with Crippen LogP contribution in [-0.2, 0) is 9.47 Å². The molecule has 2 unspecified atom stereocenters. The van der Waals surface area contributed by atoms with Gasteiger partial charge in [0.1, 0.15) is 12.5 Å². The van der Waals surface area contributed by atoms with Crippen LogP contribution >= 0.6 is 11.6 Å². The summed E-state index contributed by atoms with van der Waals surface area (Å²) in [6.07, 6.45) is 10.7. The first-order valence-corrected chi connectivity index (χ1v) is 12.8. The van der Waals surface area contributed by atoms with Crippen LogP contribution < -0.4 is 5.32 Å². The van der Waals surface area contributed by atoms with Gasteiger partial charge < -0.3 is 19.9 Å². The monoisotopic (exact) mass is 502 g/mol. The molecule has 188 valence electrons. The quantitative estimate of drug-likeness (QED) is 0.597. The van der Waals surface area contributed by atoms with E-state index in [1.807, 2.05) is 12.2 Å². The van der Waals surface area contributed by atoms with Gasteiger partial charge in [0.05, 0.1) is 41.7 Å². The highest BCUT2D eigenvalue weighted by Gasteiger charge is 2.34. The van der Waals surface area contributed by atoms with E-state index >= 15 is 0 Å². The van der Waals surface area contributed by atoms with Crippen LogP contribution in [0, 0.1) is 11.7 Å². The van der Waals surface area contributed by atoms with Crippen molar-refractivity contribution in [2.45, 2.75) is 62.9 Å². The molecule has 0 bridgehead atoms. The number of anilines is 1. The summed E-state index contributed by atoms with van der Waals surface area (Å²) >= 11 is 5.95. The van der Waals surface area contributed by atoms with E-state index in [0.29, 0.717) is 23.2 Å². The number of aliphatic imine (C=N–C) groups is 2. The number of nitrogens with zero attached hydrogens (tertiary/aromatic N) is 3. The van der Waals surface area contributed by atoms with Gasteiger partial charge in [-0.25, -0.2) is 14.4 Å². The summed E-state index contributed by atoms with van der Waals surface area (Å²) in [6, 6.07) is 5.36. The minimum absolute atomic E-state index is 0.0584. The summed E-state index contributed by atoms with van der Waals surface area (Å²) in [5.74, 6) is 0.558. The van der Waals surface area contributed by atoms with Crippen LogP contribution in [0.25, 0.3) is 0 Å². The Morgan fingerprint density at radius 3 is 2.77 bits per heavy atom. The van der Waals surface area contributed by atoms with Gasteiger partial charge in [0.15, 0.2) is 17.3 Å². The molecular formula is C26H32ClFN4O3. The average molecular weight is 503 g/mol. The number of nitrogens with one attached hydrogen (secondary N) is 1. The summed E-state index contributed by atoms with van der Waals surface area (Å²) in [5, 5.41) is 13.2. The van der Waals surface area contributed by atoms with Gasteiger partial charge in [-0.3, -0.25) is 4.90 Å². The van der Waals surface area contributed by atoms with Gasteiger partial charge in [-0.05, 0) is 63.3 Å². The lowest BCUT2D eigenvalue weighted by atomic mass is 9.89. The number of benzene rings is 1. The number of methoxy groups -OCH3 is 1. The van der Waals surface area contributed by atoms with E-state index in [1.165, 1.54) is 12.4 Å². The molecule has 2 aliphatic heterocycles. The Kier molecular flexibility index (Phi) is 7.41. The van der Waals surface area contributed by atoms with E-state index in [1.54, 1.807) is 19.2 Å². The molecule has 0 aromatic heterocycles. The number of ether oxygens (including phenoxy) is 2. The molecule has 2 aliphatic carbocycles. The smallest absolute Gasteiger partial charge is 0.164 e. The highest BCUT2D eigenvalue weighted by molar-refractivity contribution is 6.31. The van der Waals surface area contributed by atoms with Gasteiger partial charge in [-0.2, -0.15) is 0 Å². The lowest BCUT2D eigenvalue weighted by molar-refractivity contribution is 0.00741. The summed E-state index contributed by atoms with van der Waals surface area (Å²) < 4.78 is 26.6. The molecule has 0 amide bonds. The topological polar surface area (TPSA) is 78.7 Å². The molecule has 1 aromatic carbocycles. The second kappa shape index (κ2) is 10.7. The van der Waals surface area contributed by atoms with Crippen molar-refractivity contribution in [1.29, 1.82) is 0 Å². The Hall–Kier alpha value is -2.42. The molecule has 5 rings (SSSR count). The molecule has 1 aromatic rings. The number of aliphatic hydroxyl groups is 1. The number of β-amino-alcohol motifs (C(OH)–C–C–N with tert-alkyl or cyclic N) is 1. The van der Waals surface area contributed by atoms with Crippen LogP contribution in [0.2, 0.25) is 5.02 Å². The zero-order valence-corrected chi connectivity index (χ0v) is 20.6. The van der Waals surface area contributed by atoms with Crippen molar-refractivity contribution in [3.8, 4) is 0 Å². The summed E-state index contributed by atoms with van der Waals surface area (Å²) in [5.41, 5.74) is 1.07. The van der Waals surface area contributed by atoms with Crippen molar-refractivity contribution in [2.24, 2.45) is 15.9 Å². The SMILES string of the molecule is COC1=CC2=NC=NC(Nc3cccc(Cl)c3F)C2C=C1O[C@H]1CC[C@@H](N2CCC[C@@H](O)C2)CC1. The number of piperidine rings is 1. The van der Waals surface area contributed by atoms with Crippen LogP contribution in [0.5, 0.6) is 0 Å². The van der Waals surface area contributed by atoms with E-state index in [9.17, 15) is 9.50 Å². The molecule has 4 aliphatic rings. The number of halogens is 2. The Morgan fingerprint density at radius 2 is 2.00 bits per heavy atom. The fraction of sp³-hybridized carbons (Fsp3) is 0.538. The average Bonchev–Trinajstić information content (AvgIpc) is 2.87. The fourth-order valence-electron chi connectivity index (χ4n) is 5.45. The van der Waals surface area contributed by atoms with Crippen molar-refractivity contribution < 1.29 is 19.0 Å². The van der Waals surface area contributed by atoms with Gasteiger partial charge in [0.2, 0.25) is 0 Å². The molecule has 2 fully saturated rings. The number of hydrogen-bond donors (Lipinski definition) is 2. The molecule has 9 heteroatoms. The predicted octanol–water partition coefficient (Wildman–Crippen LogP) is 4.53. The van der Waals surface area contributed by atoms with Crippen LogP contribution in [-0.4, -0.2) is 66.7 Å². The summed E-state index contributed by atoms with van der Waals surface area (Å²) in [4.78, 5) is 11.3. The number of allylic oxidation sites excluding steroid dienone is 1. The number of fused-ring (bicyclic) bond motifs is 1. The highest BCUT2D eigenvalue weighted by atomic mass is 35.5. The molecule has 7 nitrogen and oxygen atoms in total. The van der Waals surface area contributed by atoms with Gasteiger partial charge in [-0.15, -0.1) is 0 Å². The Balaban J connectivity index is 1.26. The molecule has 3 atom stereocenters. The first-order chi connectivity index (χ1) is 17.0. The lowest BCUT2D eigenvalue weighted by Crippen LogP contribution is -2.46. The number of hydrogen-bond acceptors (Lipinski definition) is 7. The molecule has 35 heavy (non-hydrogen) atoms. The molecule has 2 heterocycles. The lowest BCUT2D eigenvalue weighted by Gasteiger charge is -2.40. The van der Waals surface area contributed by atoms with Crippen molar-refractivity contribution >= 4 is 29.3 Å². The summed E-state index contributed by atoms with van der Waals surface area (Å²) in [7, 11) is 1.62. The second-order valence-corrected chi connectivity index (χ2v) is 10.0. The van der Waals surface area contributed by atoms with Gasteiger partial charge in [0.25, 0.3) is 0 Å². The molecule has 0 spiro atoms. The third-order valence-electron chi connectivity index (χ3n) is 7.33. The third-order valence-corrected chi connectivity index (χ3v) is 7.62. The van der Waals surface area contributed by atoms with Gasteiger partial charge in [0, 0.05) is 18.7 Å². The first-order valence-electron chi connectivity index (χ1n) is 12.4. The van der Waals surface area contributed by atoms with E-state index in [2.05, 4.69) is 20.2 Å². The Morgan fingerprint density at radius 1 is 1.17 bits per heavy atom. The van der Waals surface area contributed by atoms with Gasteiger partial charge >= 0.3 is 0 Å². The van der Waals surface area contributed by atoms with Crippen molar-refractivity contribution in [3.05, 3.63) is 52.7 Å². The van der Waals surface area contributed by atoms with E-state index < -0.39 is 12.0 Å². The Bertz CT molecular complexity index is 1050. The minimum Gasteiger partial charge on any atom is -0.493 e. The third kappa shape index (κ3) is 5.39. The Labute approximate surface area is 210 Å². The molecule has 0 radical (unpaired) electrons. The molecular weight excluding hydrogens is 471 g/mol. The first kappa shape index (κ1) is 24.3. The van der Waals surface area contributed by atoms with Crippen molar-refractivity contribution in [3.63, 3.8) is 0 Å². The maximum Gasteiger partial charge on any atom is 0.164 e. The zero-order chi connectivity index (χ0) is 24.4. The summed E-state index contributed by atoms with van der Waals surface area (Å²) in [6.45, 7) is 1.85. The molecule has 1 saturated heterocycles. The predicted molar refractivity (Wildman–Crippen MR) is 135 cm³/mol. The number of likely N-dealkylation sites (tertiary alicyclic amines) is 1.